The maximum Gasteiger partial charge on any atom is 0.435 e. The van der Waals surface area contributed by atoms with E-state index in [4.69, 9.17) is 11.5 Å². The Labute approximate surface area is 364 Å². The van der Waals surface area contributed by atoms with E-state index < -0.39 is 47.3 Å². The smallest absolute Gasteiger partial charge is 0.366 e. The summed E-state index contributed by atoms with van der Waals surface area (Å²) in [6, 6.07) is 39.6. The Balaban J connectivity index is 0.000000195. The van der Waals surface area contributed by atoms with Gasteiger partial charge >= 0.3 is 18.5 Å². The van der Waals surface area contributed by atoms with Crippen molar-refractivity contribution in [1.29, 1.82) is 0 Å². The van der Waals surface area contributed by atoms with Crippen LogP contribution in [0.3, 0.4) is 0 Å². The average Bonchev–Trinajstić information content (AvgIpc) is 3.94. The third kappa shape index (κ3) is 10.3. The molecular weight excluding hydrogens is 864 g/mol. The highest BCUT2D eigenvalue weighted by atomic mass is 19.4. The van der Waals surface area contributed by atoms with Crippen LogP contribution in [-0.2, 0) is 18.5 Å². The lowest BCUT2D eigenvalue weighted by Crippen LogP contribution is -2.11. The standard InChI is InChI=1S/C24H15F6N3O.C24H18F3N3O/c25-23(26,27)18-9-5-15(6-10-18)14-1-3-16(4-2-14)20-13-21(24(28,29)30)32-33(20)19-11-7-17(8-12-19)22(31)34;1-15-2-4-16(5-3-15)17-6-8-18(9-7-17)21-14-22(24(25,26)27)29-30(21)20-12-10-19(11-13-20)23(28)31/h1-13H,(H2,31,34);2-14H,1H3,(H2,28,31). The molecular formula is C48H33F9N6O2. The molecule has 0 unspecified atom stereocenters. The monoisotopic (exact) mass is 896 g/mol. The van der Waals surface area contributed by atoms with Gasteiger partial charge in [-0.3, -0.25) is 9.59 Å². The molecule has 0 atom stereocenters. The van der Waals surface area contributed by atoms with E-state index in [2.05, 4.69) is 10.2 Å². The van der Waals surface area contributed by atoms with Crippen LogP contribution in [-0.4, -0.2) is 31.4 Å². The number of aromatic nitrogens is 4. The van der Waals surface area contributed by atoms with Gasteiger partial charge in [0, 0.05) is 22.3 Å². The summed E-state index contributed by atoms with van der Waals surface area (Å²) in [5.74, 6) is -1.29. The minimum Gasteiger partial charge on any atom is -0.366 e. The molecule has 17 heteroatoms. The Morgan fingerprint density at radius 1 is 0.415 bits per heavy atom. The van der Waals surface area contributed by atoms with Gasteiger partial charge in [-0.1, -0.05) is 90.5 Å². The van der Waals surface area contributed by atoms with Gasteiger partial charge in [-0.25, -0.2) is 9.36 Å². The quantitative estimate of drug-likeness (QED) is 0.148. The van der Waals surface area contributed by atoms with Crippen molar-refractivity contribution in [3.8, 4) is 56.1 Å². The molecule has 0 aliphatic carbocycles. The number of rotatable bonds is 8. The second-order valence-corrected chi connectivity index (χ2v) is 14.6. The van der Waals surface area contributed by atoms with Gasteiger partial charge in [0.2, 0.25) is 11.8 Å². The van der Waals surface area contributed by atoms with Gasteiger partial charge in [0.1, 0.15) is 0 Å². The van der Waals surface area contributed by atoms with Gasteiger partial charge in [-0.2, -0.15) is 49.7 Å². The van der Waals surface area contributed by atoms with Gasteiger partial charge in [0.05, 0.1) is 28.3 Å². The summed E-state index contributed by atoms with van der Waals surface area (Å²) in [6.07, 6.45) is -13.7. The van der Waals surface area contributed by atoms with Gasteiger partial charge in [0.15, 0.2) is 11.4 Å². The fraction of sp³-hybridized carbons (Fsp3) is 0.0833. The summed E-state index contributed by atoms with van der Waals surface area (Å²) in [5.41, 5.74) is 14.3. The van der Waals surface area contributed by atoms with Crippen LogP contribution in [0.5, 0.6) is 0 Å². The Morgan fingerprint density at radius 3 is 1.00 bits per heavy atom. The lowest BCUT2D eigenvalue weighted by molar-refractivity contribution is -0.142. The Kier molecular flexibility index (Phi) is 12.3. The van der Waals surface area contributed by atoms with E-state index >= 15 is 0 Å². The lowest BCUT2D eigenvalue weighted by Gasteiger charge is -2.10. The fourth-order valence-electron chi connectivity index (χ4n) is 6.64. The van der Waals surface area contributed by atoms with Crippen molar-refractivity contribution in [2.45, 2.75) is 25.5 Å². The van der Waals surface area contributed by atoms with E-state index in [1.807, 2.05) is 43.3 Å². The third-order valence-corrected chi connectivity index (χ3v) is 10.1. The highest BCUT2D eigenvalue weighted by Crippen LogP contribution is 2.37. The van der Waals surface area contributed by atoms with Crippen molar-refractivity contribution < 1.29 is 49.1 Å². The number of carbonyl (C=O) groups is 2. The molecule has 8 rings (SSSR count). The fourth-order valence-corrected chi connectivity index (χ4v) is 6.64. The van der Waals surface area contributed by atoms with E-state index in [1.165, 1.54) is 65.3 Å². The summed E-state index contributed by atoms with van der Waals surface area (Å²) in [5, 5.41) is 7.45. The number of primary amides is 2. The molecule has 0 aliphatic heterocycles. The molecule has 0 spiro atoms. The zero-order valence-corrected chi connectivity index (χ0v) is 33.7. The largest absolute Gasteiger partial charge is 0.435 e. The second-order valence-electron chi connectivity index (χ2n) is 14.6. The highest BCUT2D eigenvalue weighted by molar-refractivity contribution is 5.93. The molecule has 2 heterocycles. The maximum atomic E-state index is 13.4. The summed E-state index contributed by atoms with van der Waals surface area (Å²) in [6.45, 7) is 2.00. The van der Waals surface area contributed by atoms with Gasteiger partial charge in [-0.05, 0) is 102 Å². The van der Waals surface area contributed by atoms with Crippen LogP contribution in [0.4, 0.5) is 39.5 Å². The molecule has 2 amide bonds. The number of nitrogens with zero attached hydrogens (tertiary/aromatic N) is 4. The Hall–Kier alpha value is -7.95. The summed E-state index contributed by atoms with van der Waals surface area (Å²) in [7, 11) is 0. The maximum absolute atomic E-state index is 13.4. The van der Waals surface area contributed by atoms with Crippen molar-refractivity contribution in [3.63, 3.8) is 0 Å². The summed E-state index contributed by atoms with van der Waals surface area (Å²) >= 11 is 0. The SMILES string of the molecule is Cc1ccc(-c2ccc(-c3cc(C(F)(F)F)nn3-c3ccc(C(N)=O)cc3)cc2)cc1.NC(=O)c1ccc(-n2nc(C(F)(F)F)cc2-c2ccc(-c3ccc(C(F)(F)F)cc3)cc2)cc1. The molecule has 0 fully saturated rings. The predicted molar refractivity (Wildman–Crippen MR) is 226 cm³/mol. The van der Waals surface area contributed by atoms with Crippen LogP contribution < -0.4 is 11.5 Å². The number of hydrogen-bond donors (Lipinski definition) is 2. The van der Waals surface area contributed by atoms with Crippen LogP contribution in [0.1, 0.15) is 43.2 Å². The highest BCUT2D eigenvalue weighted by Gasteiger charge is 2.36. The molecule has 8 nitrogen and oxygen atoms in total. The van der Waals surface area contributed by atoms with Gasteiger partial charge < -0.3 is 11.5 Å². The molecule has 65 heavy (non-hydrogen) atoms. The second kappa shape index (κ2) is 17.7. The first-order chi connectivity index (χ1) is 30.7. The zero-order chi connectivity index (χ0) is 46.8. The number of benzene rings is 6. The van der Waals surface area contributed by atoms with Gasteiger partial charge in [0.25, 0.3) is 0 Å². The Morgan fingerprint density at radius 2 is 0.708 bits per heavy atom. The van der Waals surface area contributed by atoms with Crippen molar-refractivity contribution >= 4 is 11.8 Å². The molecule has 4 N–H and O–H groups in total. The van der Waals surface area contributed by atoms with E-state index in [9.17, 15) is 49.1 Å². The molecule has 0 aliphatic rings. The molecule has 6 aromatic carbocycles. The number of halogens is 9. The molecule has 0 saturated heterocycles. The van der Waals surface area contributed by atoms with Crippen molar-refractivity contribution in [2.24, 2.45) is 11.5 Å². The van der Waals surface area contributed by atoms with E-state index in [0.717, 1.165) is 45.6 Å². The predicted octanol–water partition coefficient (Wildman–Crippen LogP) is 12.0. The van der Waals surface area contributed by atoms with E-state index in [0.29, 0.717) is 27.9 Å². The van der Waals surface area contributed by atoms with Crippen LogP contribution >= 0.6 is 0 Å². The third-order valence-electron chi connectivity index (χ3n) is 10.1. The number of nitrogens with two attached hydrogens (primary N) is 2. The summed E-state index contributed by atoms with van der Waals surface area (Å²) in [4.78, 5) is 22.6. The first-order valence-corrected chi connectivity index (χ1v) is 19.3. The Bertz CT molecular complexity index is 2950. The van der Waals surface area contributed by atoms with Crippen LogP contribution in [0.15, 0.2) is 158 Å². The van der Waals surface area contributed by atoms with Crippen molar-refractivity contribution in [2.75, 3.05) is 0 Å². The molecule has 0 radical (unpaired) electrons. The zero-order valence-electron chi connectivity index (χ0n) is 33.7. The number of hydrogen-bond acceptors (Lipinski definition) is 4. The van der Waals surface area contributed by atoms with E-state index in [-0.39, 0.29) is 28.2 Å². The normalized spacial score (nSPS) is 11.8. The van der Waals surface area contributed by atoms with Crippen LogP contribution in [0.25, 0.3) is 56.1 Å². The topological polar surface area (TPSA) is 122 Å². The van der Waals surface area contributed by atoms with Crippen molar-refractivity contribution in [1.82, 2.24) is 19.6 Å². The number of carbonyl (C=O) groups excluding carboxylic acids is 2. The number of alkyl halides is 9. The summed E-state index contributed by atoms with van der Waals surface area (Å²) < 4.78 is 121. The average molecular weight is 897 g/mol. The van der Waals surface area contributed by atoms with Crippen LogP contribution in [0.2, 0.25) is 0 Å². The lowest BCUT2D eigenvalue weighted by atomic mass is 10.0. The first kappa shape index (κ1) is 45.1. The number of amides is 2. The minimum absolute atomic E-state index is 0.137. The van der Waals surface area contributed by atoms with Gasteiger partial charge in [-0.15, -0.1) is 0 Å². The first-order valence-electron chi connectivity index (χ1n) is 19.3. The molecule has 2 aromatic heterocycles. The van der Waals surface area contributed by atoms with Crippen LogP contribution in [0, 0.1) is 6.92 Å². The molecule has 330 valence electrons. The minimum atomic E-state index is -4.69. The molecule has 0 saturated carbocycles. The van der Waals surface area contributed by atoms with E-state index in [1.54, 1.807) is 36.4 Å². The molecule has 0 bridgehead atoms. The molecule has 8 aromatic rings. The number of aryl methyl sites for hydroxylation is 1. The van der Waals surface area contributed by atoms with Crippen molar-refractivity contribution in [3.05, 3.63) is 191 Å².